The van der Waals surface area contributed by atoms with Crippen LogP contribution in [0.15, 0.2) is 0 Å². The summed E-state index contributed by atoms with van der Waals surface area (Å²) in [6.07, 6.45) is 3.68. The number of hydrogen-bond donors (Lipinski definition) is 1. The van der Waals surface area contributed by atoms with E-state index < -0.39 is 11.8 Å². The number of halogens is 1. The Labute approximate surface area is 89.4 Å². The van der Waals surface area contributed by atoms with E-state index in [1.807, 2.05) is 0 Å². The summed E-state index contributed by atoms with van der Waals surface area (Å²) in [5, 5.41) is 8.69. The van der Waals surface area contributed by atoms with E-state index in [4.69, 9.17) is 21.4 Å². The zero-order chi connectivity index (χ0) is 10.6. The maximum absolute atomic E-state index is 10.6. The Balaban J connectivity index is 2.75. The average Bonchev–Trinajstić information content (AvgIpc) is 2.17. The zero-order valence-corrected chi connectivity index (χ0v) is 9.22. The van der Waals surface area contributed by atoms with Crippen molar-refractivity contribution in [1.82, 2.24) is 0 Å². The molecule has 3 nitrogen and oxygen atoms in total. The van der Waals surface area contributed by atoms with Gasteiger partial charge in [0.1, 0.15) is 5.60 Å². The van der Waals surface area contributed by atoms with Crippen molar-refractivity contribution in [1.29, 1.82) is 0 Å². The molecule has 0 bridgehead atoms. The average molecular weight is 221 g/mol. The fourth-order valence-electron chi connectivity index (χ4n) is 2.37. The molecule has 0 aromatic carbocycles. The predicted octanol–water partition coefficient (Wildman–Crippen LogP) is 3.26. The molecule has 1 fully saturated rings. The van der Waals surface area contributed by atoms with Crippen molar-refractivity contribution in [2.45, 2.75) is 44.6 Å². The van der Waals surface area contributed by atoms with Gasteiger partial charge in [-0.15, -0.1) is 11.6 Å². The topological polar surface area (TPSA) is 46.5 Å². The highest BCUT2D eigenvalue weighted by atomic mass is 35.5. The Bertz CT molecular complexity index is 208. The van der Waals surface area contributed by atoms with Crippen LogP contribution in [0.2, 0.25) is 0 Å². The molecular formula is C10H17ClO3. The number of ether oxygens (including phenoxy) is 1. The van der Waals surface area contributed by atoms with Crippen LogP contribution in [0.1, 0.15) is 39.0 Å². The molecule has 1 N–H and O–H groups in total. The molecule has 2 unspecified atom stereocenters. The van der Waals surface area contributed by atoms with E-state index in [2.05, 4.69) is 6.92 Å². The molecule has 1 aliphatic carbocycles. The van der Waals surface area contributed by atoms with Crippen LogP contribution < -0.4 is 0 Å². The van der Waals surface area contributed by atoms with E-state index in [0.717, 1.165) is 32.1 Å². The third-order valence-corrected chi connectivity index (χ3v) is 3.61. The third-order valence-electron chi connectivity index (χ3n) is 3.16. The first-order valence-corrected chi connectivity index (χ1v) is 5.66. The summed E-state index contributed by atoms with van der Waals surface area (Å²) in [4.78, 5) is 10.6. The van der Waals surface area contributed by atoms with Crippen molar-refractivity contribution in [3.63, 3.8) is 0 Å². The predicted molar refractivity (Wildman–Crippen MR) is 54.8 cm³/mol. The van der Waals surface area contributed by atoms with E-state index in [0.29, 0.717) is 0 Å². The second-order valence-corrected chi connectivity index (χ2v) is 4.18. The van der Waals surface area contributed by atoms with Crippen molar-refractivity contribution >= 4 is 17.8 Å². The number of carboxylic acid groups (broad SMARTS) is 1. The van der Waals surface area contributed by atoms with Crippen molar-refractivity contribution in [2.24, 2.45) is 5.92 Å². The molecule has 2 atom stereocenters. The van der Waals surface area contributed by atoms with Crippen LogP contribution in [0.4, 0.5) is 4.79 Å². The molecule has 0 heterocycles. The molecule has 1 rings (SSSR count). The largest absolute Gasteiger partial charge is 0.506 e. The summed E-state index contributed by atoms with van der Waals surface area (Å²) in [5.41, 5.74) is -0.625. The molecule has 14 heavy (non-hydrogen) atoms. The Hall–Kier alpha value is -0.440. The van der Waals surface area contributed by atoms with Gasteiger partial charge in [-0.2, -0.15) is 0 Å². The van der Waals surface area contributed by atoms with Gasteiger partial charge in [0.15, 0.2) is 0 Å². The number of hydrogen-bond acceptors (Lipinski definition) is 2. The van der Waals surface area contributed by atoms with Gasteiger partial charge in [0, 0.05) is 0 Å². The van der Waals surface area contributed by atoms with Crippen LogP contribution in [0.3, 0.4) is 0 Å². The zero-order valence-electron chi connectivity index (χ0n) is 8.46. The lowest BCUT2D eigenvalue weighted by Gasteiger charge is -2.40. The van der Waals surface area contributed by atoms with Gasteiger partial charge in [-0.25, -0.2) is 4.79 Å². The number of carbonyl (C=O) groups is 1. The quantitative estimate of drug-likeness (QED) is 0.587. The SMILES string of the molecule is CCC1CCCCC1(CCl)OC(=O)O. The highest BCUT2D eigenvalue weighted by Crippen LogP contribution is 2.39. The van der Waals surface area contributed by atoms with Gasteiger partial charge >= 0.3 is 6.16 Å². The molecule has 1 aliphatic rings. The van der Waals surface area contributed by atoms with Gasteiger partial charge in [-0.05, 0) is 31.6 Å². The first-order chi connectivity index (χ1) is 6.64. The van der Waals surface area contributed by atoms with Crippen LogP contribution in [0, 0.1) is 5.92 Å². The van der Waals surface area contributed by atoms with Crippen LogP contribution in [0.25, 0.3) is 0 Å². The van der Waals surface area contributed by atoms with E-state index in [9.17, 15) is 4.79 Å². The molecule has 0 amide bonds. The Kier molecular flexibility index (Phi) is 4.05. The normalized spacial score (nSPS) is 32.6. The summed E-state index contributed by atoms with van der Waals surface area (Å²) in [7, 11) is 0. The Morgan fingerprint density at radius 3 is 2.86 bits per heavy atom. The van der Waals surface area contributed by atoms with Crippen molar-refractivity contribution in [2.75, 3.05) is 5.88 Å². The van der Waals surface area contributed by atoms with Crippen LogP contribution in [0.5, 0.6) is 0 Å². The van der Waals surface area contributed by atoms with Gasteiger partial charge in [-0.3, -0.25) is 0 Å². The first-order valence-electron chi connectivity index (χ1n) is 5.12. The highest BCUT2D eigenvalue weighted by Gasteiger charge is 2.42. The minimum Gasteiger partial charge on any atom is -0.450 e. The number of alkyl halides is 1. The maximum Gasteiger partial charge on any atom is 0.506 e. The fraction of sp³-hybridized carbons (Fsp3) is 0.900. The highest BCUT2D eigenvalue weighted by molar-refractivity contribution is 6.18. The minimum atomic E-state index is -1.20. The van der Waals surface area contributed by atoms with Gasteiger partial charge in [-0.1, -0.05) is 13.3 Å². The van der Waals surface area contributed by atoms with Crippen LogP contribution in [-0.4, -0.2) is 22.7 Å². The summed E-state index contributed by atoms with van der Waals surface area (Å²) in [6, 6.07) is 0. The van der Waals surface area contributed by atoms with Gasteiger partial charge in [0.05, 0.1) is 5.88 Å². The lowest BCUT2D eigenvalue weighted by molar-refractivity contribution is -0.0642. The van der Waals surface area contributed by atoms with E-state index in [-0.39, 0.29) is 11.8 Å². The monoisotopic (exact) mass is 220 g/mol. The Morgan fingerprint density at radius 1 is 1.64 bits per heavy atom. The molecule has 1 saturated carbocycles. The summed E-state index contributed by atoms with van der Waals surface area (Å²) in [5.74, 6) is 0.558. The number of rotatable bonds is 3. The fourth-order valence-corrected chi connectivity index (χ4v) is 2.78. The minimum absolute atomic E-state index is 0.276. The van der Waals surface area contributed by atoms with Crippen LogP contribution >= 0.6 is 11.6 Å². The molecule has 0 aromatic heterocycles. The van der Waals surface area contributed by atoms with Crippen molar-refractivity contribution in [3.8, 4) is 0 Å². The molecule has 4 heteroatoms. The van der Waals surface area contributed by atoms with Crippen LogP contribution in [-0.2, 0) is 4.74 Å². The first kappa shape index (κ1) is 11.6. The maximum atomic E-state index is 10.6. The smallest absolute Gasteiger partial charge is 0.450 e. The van der Waals surface area contributed by atoms with Gasteiger partial charge in [0.25, 0.3) is 0 Å². The van der Waals surface area contributed by atoms with E-state index in [1.165, 1.54) is 0 Å². The van der Waals surface area contributed by atoms with Crippen molar-refractivity contribution in [3.05, 3.63) is 0 Å². The molecular weight excluding hydrogens is 204 g/mol. The third kappa shape index (κ3) is 2.32. The van der Waals surface area contributed by atoms with E-state index >= 15 is 0 Å². The molecule has 0 saturated heterocycles. The van der Waals surface area contributed by atoms with Gasteiger partial charge < -0.3 is 9.84 Å². The lowest BCUT2D eigenvalue weighted by atomic mass is 9.75. The standard InChI is InChI=1S/C10H17ClO3/c1-2-8-5-3-4-6-10(8,7-11)14-9(12)13/h8H,2-7H2,1H3,(H,12,13). The second kappa shape index (κ2) is 4.87. The second-order valence-electron chi connectivity index (χ2n) is 3.92. The van der Waals surface area contributed by atoms with Crippen molar-refractivity contribution < 1.29 is 14.6 Å². The molecule has 0 radical (unpaired) electrons. The summed E-state index contributed by atoms with van der Waals surface area (Å²) < 4.78 is 5.02. The lowest BCUT2D eigenvalue weighted by Crippen LogP contribution is -2.46. The molecule has 0 spiro atoms. The van der Waals surface area contributed by atoms with Gasteiger partial charge in [0.2, 0.25) is 0 Å². The molecule has 0 aromatic rings. The molecule has 0 aliphatic heterocycles. The van der Waals surface area contributed by atoms with E-state index in [1.54, 1.807) is 0 Å². The summed E-state index contributed by atoms with van der Waals surface area (Å²) in [6.45, 7) is 2.06. The Morgan fingerprint density at radius 2 is 2.36 bits per heavy atom. The summed E-state index contributed by atoms with van der Waals surface area (Å²) >= 11 is 5.87. The molecule has 82 valence electrons.